The van der Waals surface area contributed by atoms with Crippen LogP contribution in [0.5, 0.6) is 0 Å². The molecule has 9 heteroatoms. The van der Waals surface area contributed by atoms with Gasteiger partial charge < -0.3 is 33.3 Å². The maximum absolute atomic E-state index is 13.0. The Balaban J connectivity index is 3.98. The Bertz CT molecular complexity index is 2020. The number of quaternary nitrogens is 1. The van der Waals surface area contributed by atoms with Crippen molar-refractivity contribution in [3.63, 3.8) is 0 Å². The highest BCUT2D eigenvalue weighted by Gasteiger charge is 2.22. The van der Waals surface area contributed by atoms with Crippen molar-refractivity contribution < 1.29 is 42.9 Å². The highest BCUT2D eigenvalue weighted by atomic mass is 16.7. The molecule has 2 atom stereocenters. The summed E-state index contributed by atoms with van der Waals surface area (Å²) in [5, 5.41) is 11.9. The fourth-order valence-electron chi connectivity index (χ4n) is 11.6. The lowest BCUT2D eigenvalue weighted by molar-refractivity contribution is -0.870. The topological polar surface area (TPSA) is 111 Å². The van der Waals surface area contributed by atoms with E-state index in [1.807, 2.05) is 21.1 Å². The number of esters is 2. The fraction of sp³-hybridized carbons (Fsp3) is 0.739. The van der Waals surface area contributed by atoms with Crippen molar-refractivity contribution in [2.45, 2.75) is 373 Å². The van der Waals surface area contributed by atoms with Gasteiger partial charge in [0.25, 0.3) is 0 Å². The van der Waals surface area contributed by atoms with Gasteiger partial charge in [-0.25, -0.2) is 0 Å². The third kappa shape index (κ3) is 78.9. The summed E-state index contributed by atoms with van der Waals surface area (Å²) in [7, 11) is 5.94. The maximum atomic E-state index is 13.0. The van der Waals surface area contributed by atoms with Crippen molar-refractivity contribution in [1.82, 2.24) is 0 Å². The first-order valence-corrected chi connectivity index (χ1v) is 40.7. The number of unbranched alkanes of at least 4 members (excludes halogenated alkanes) is 40. The second-order valence-corrected chi connectivity index (χ2v) is 28.3. The Labute approximate surface area is 599 Å². The number of carbonyl (C=O) groups excluding carboxylic acids is 3. The van der Waals surface area contributed by atoms with Gasteiger partial charge in [-0.2, -0.15) is 0 Å². The van der Waals surface area contributed by atoms with Crippen molar-refractivity contribution in [2.24, 2.45) is 0 Å². The second-order valence-electron chi connectivity index (χ2n) is 28.3. The molecule has 558 valence electrons. The average Bonchev–Trinajstić information content (AvgIpc) is 3.27. The summed E-state index contributed by atoms with van der Waals surface area (Å²) in [6.07, 6.45) is 108. The maximum Gasteiger partial charge on any atom is 0.306 e. The van der Waals surface area contributed by atoms with E-state index in [0.29, 0.717) is 23.9 Å². The summed E-state index contributed by atoms with van der Waals surface area (Å²) < 4.78 is 22.9. The SMILES string of the molecule is CC/C=C\C/C=C\C/C=C\C/C=C\C/C=C\CCCCCCCCCCCCCCCCCCCCCCCCCCCC(=O)OC(COC(=O)CCCCCCCCCCCCCCCCC/C=C\C/C=C\C/C=C\C/C=C\C/C=C\CC)COC(OCC[N+](C)(C)C)C(=O)[O-]. The van der Waals surface area contributed by atoms with E-state index in [2.05, 4.69) is 135 Å². The van der Waals surface area contributed by atoms with Crippen LogP contribution in [0.25, 0.3) is 0 Å². The largest absolute Gasteiger partial charge is 0.545 e. The van der Waals surface area contributed by atoms with Gasteiger partial charge in [0.2, 0.25) is 0 Å². The van der Waals surface area contributed by atoms with Gasteiger partial charge in [-0.05, 0) is 103 Å². The molecule has 0 rings (SSSR count). The minimum Gasteiger partial charge on any atom is -0.545 e. The molecule has 2 unspecified atom stereocenters. The number of aliphatic carboxylic acids is 1. The zero-order chi connectivity index (χ0) is 70.4. The zero-order valence-electron chi connectivity index (χ0n) is 63.9. The van der Waals surface area contributed by atoms with Crippen LogP contribution in [-0.2, 0) is 33.3 Å². The molecule has 9 nitrogen and oxygen atoms in total. The molecule has 0 spiro atoms. The number of allylic oxidation sites excluding steroid dienone is 20. The van der Waals surface area contributed by atoms with E-state index in [1.54, 1.807) is 0 Å². The molecule has 0 radical (unpaired) electrons. The summed E-state index contributed by atoms with van der Waals surface area (Å²) in [6.45, 7) is 4.56. The molecule has 97 heavy (non-hydrogen) atoms. The highest BCUT2D eigenvalue weighted by molar-refractivity contribution is 5.70. The fourth-order valence-corrected chi connectivity index (χ4v) is 11.6. The van der Waals surface area contributed by atoms with Crippen LogP contribution < -0.4 is 5.11 Å². The number of nitrogens with zero attached hydrogens (tertiary/aromatic N) is 1. The molecule has 0 aromatic heterocycles. The van der Waals surface area contributed by atoms with E-state index in [0.717, 1.165) is 96.3 Å². The third-order valence-electron chi connectivity index (χ3n) is 17.7. The molecular formula is C88H153NO8. The standard InChI is InChI=1S/C88H153NO8/c1-6-8-10-12-14-16-18-20-22-24-26-28-30-32-34-36-38-39-40-41-42-43-44-45-46-47-49-51-53-55-57-59-61-63-65-67-69-71-73-75-77-79-86(91)97-84(83-96-88(87(92)93)94-81-80-89(3,4)5)82-95-85(90)78-76-74-72-70-68-66-64-62-60-58-56-54-52-50-48-37-35-33-31-29-27-25-23-21-19-17-15-13-11-9-7-2/h8-11,14-17,20-23,26-29,32-35,84,88H,6-7,12-13,18-19,24-25,30-31,36-83H2,1-5H3/b10-8-,11-9-,16-14-,17-15-,22-20-,23-21-,28-26-,29-27-,34-32-,35-33-. The van der Waals surface area contributed by atoms with Gasteiger partial charge in [-0.3, -0.25) is 9.59 Å². The molecule has 0 aromatic rings. The predicted octanol–water partition coefficient (Wildman–Crippen LogP) is 24.9. The quantitative estimate of drug-likeness (QED) is 0.0195. The summed E-state index contributed by atoms with van der Waals surface area (Å²) in [4.78, 5) is 37.6. The first-order chi connectivity index (χ1) is 47.6. The van der Waals surface area contributed by atoms with E-state index < -0.39 is 24.3 Å². The van der Waals surface area contributed by atoms with Gasteiger partial charge >= 0.3 is 11.9 Å². The number of ether oxygens (including phenoxy) is 4. The lowest BCUT2D eigenvalue weighted by atomic mass is 10.0. The van der Waals surface area contributed by atoms with Crippen LogP contribution in [0.15, 0.2) is 122 Å². The molecule has 0 aromatic carbocycles. The van der Waals surface area contributed by atoms with Crippen LogP contribution in [-0.4, -0.2) is 82.3 Å². The number of rotatable bonds is 75. The van der Waals surface area contributed by atoms with E-state index in [1.165, 1.54) is 231 Å². The summed E-state index contributed by atoms with van der Waals surface area (Å²) in [5.41, 5.74) is 0. The number of carboxylic acid groups (broad SMARTS) is 1. The minimum absolute atomic E-state index is 0.146. The number of hydrogen-bond acceptors (Lipinski definition) is 8. The van der Waals surface area contributed by atoms with Crippen molar-refractivity contribution in [1.29, 1.82) is 0 Å². The summed E-state index contributed by atoms with van der Waals surface area (Å²) in [6, 6.07) is 0. The van der Waals surface area contributed by atoms with Gasteiger partial charge in [0.1, 0.15) is 13.2 Å². The lowest BCUT2D eigenvalue weighted by Crippen LogP contribution is -2.44. The molecule has 0 aliphatic heterocycles. The summed E-state index contributed by atoms with van der Waals surface area (Å²) >= 11 is 0. The Morgan fingerprint density at radius 1 is 0.309 bits per heavy atom. The first kappa shape index (κ1) is 92.7. The zero-order valence-corrected chi connectivity index (χ0v) is 63.9. The number of carbonyl (C=O) groups is 3. The van der Waals surface area contributed by atoms with E-state index in [-0.39, 0.29) is 32.2 Å². The van der Waals surface area contributed by atoms with Gasteiger partial charge in [0.15, 0.2) is 12.4 Å². The molecule has 0 heterocycles. The Morgan fingerprint density at radius 3 is 0.825 bits per heavy atom. The normalized spacial score (nSPS) is 13.3. The minimum atomic E-state index is -1.63. The van der Waals surface area contributed by atoms with Crippen LogP contribution in [0.3, 0.4) is 0 Å². The van der Waals surface area contributed by atoms with Gasteiger partial charge in [-0.15, -0.1) is 0 Å². The van der Waals surface area contributed by atoms with Crippen LogP contribution >= 0.6 is 0 Å². The number of hydrogen-bond donors (Lipinski definition) is 0. The summed E-state index contributed by atoms with van der Waals surface area (Å²) in [5.74, 6) is -2.27. The smallest absolute Gasteiger partial charge is 0.306 e. The van der Waals surface area contributed by atoms with E-state index >= 15 is 0 Å². The van der Waals surface area contributed by atoms with Crippen LogP contribution in [0.1, 0.15) is 361 Å². The molecular weight excluding hydrogens is 1200 g/mol. The van der Waals surface area contributed by atoms with Gasteiger partial charge in [0.05, 0.1) is 40.3 Å². The van der Waals surface area contributed by atoms with Gasteiger partial charge in [-0.1, -0.05) is 367 Å². The molecule has 0 bridgehead atoms. The molecule has 0 aliphatic carbocycles. The first-order valence-electron chi connectivity index (χ1n) is 40.7. The van der Waals surface area contributed by atoms with Crippen LogP contribution in [0, 0.1) is 0 Å². The Hall–Kier alpha value is -4.31. The third-order valence-corrected chi connectivity index (χ3v) is 17.7. The molecule has 0 N–H and O–H groups in total. The van der Waals surface area contributed by atoms with Crippen LogP contribution in [0.2, 0.25) is 0 Å². The average molecular weight is 1350 g/mol. The Morgan fingerprint density at radius 2 is 0.557 bits per heavy atom. The molecule has 0 saturated heterocycles. The number of likely N-dealkylation sites (N-methyl/N-ethyl adjacent to an activating group) is 1. The predicted molar refractivity (Wildman–Crippen MR) is 417 cm³/mol. The molecule has 0 aliphatic rings. The second kappa shape index (κ2) is 77.4. The van der Waals surface area contributed by atoms with Crippen molar-refractivity contribution in [2.75, 3.05) is 47.5 Å². The Kier molecular flexibility index (Phi) is 74.0. The van der Waals surface area contributed by atoms with Crippen molar-refractivity contribution in [3.8, 4) is 0 Å². The monoisotopic (exact) mass is 1350 g/mol. The molecule has 0 saturated carbocycles. The molecule has 0 fully saturated rings. The van der Waals surface area contributed by atoms with Gasteiger partial charge in [0, 0.05) is 12.8 Å². The molecule has 0 amide bonds. The number of carboxylic acids is 1. The van der Waals surface area contributed by atoms with E-state index in [9.17, 15) is 19.5 Å². The van der Waals surface area contributed by atoms with Crippen molar-refractivity contribution in [3.05, 3.63) is 122 Å². The van der Waals surface area contributed by atoms with E-state index in [4.69, 9.17) is 18.9 Å². The van der Waals surface area contributed by atoms with Crippen LogP contribution in [0.4, 0.5) is 0 Å². The highest BCUT2D eigenvalue weighted by Crippen LogP contribution is 2.19. The lowest BCUT2D eigenvalue weighted by Gasteiger charge is -2.26. The van der Waals surface area contributed by atoms with Crippen molar-refractivity contribution >= 4 is 17.9 Å².